The molecule has 0 N–H and O–H groups in total. The van der Waals surface area contributed by atoms with Crippen LogP contribution in [0, 0.1) is 0 Å². The molecule has 0 aromatic heterocycles. The van der Waals surface area contributed by atoms with Crippen LogP contribution in [0.3, 0.4) is 0 Å². The van der Waals surface area contributed by atoms with Crippen molar-refractivity contribution in [3.8, 4) is 0 Å². The Bertz CT molecular complexity index is 187. The van der Waals surface area contributed by atoms with Crippen LogP contribution in [0.4, 0.5) is 0 Å². The molecule has 1 fully saturated rings. The van der Waals surface area contributed by atoms with Crippen LogP contribution in [0.25, 0.3) is 0 Å². The van der Waals surface area contributed by atoms with Crippen molar-refractivity contribution in [2.45, 2.75) is 32.3 Å². The molecule has 1 aliphatic rings. The van der Waals surface area contributed by atoms with Crippen molar-refractivity contribution >= 4 is 11.9 Å². The van der Waals surface area contributed by atoms with Crippen LogP contribution in [0.5, 0.6) is 0 Å². The van der Waals surface area contributed by atoms with Crippen molar-refractivity contribution in [1.29, 1.82) is 0 Å². The monoisotopic (exact) mass is 172 g/mol. The fourth-order valence-corrected chi connectivity index (χ4v) is 1.12. The number of rotatable bonds is 3. The summed E-state index contributed by atoms with van der Waals surface area (Å²) in [6, 6.07) is 0. The second kappa shape index (κ2) is 4.09. The molecule has 0 bridgehead atoms. The molecule has 0 saturated carbocycles. The third kappa shape index (κ3) is 2.90. The quantitative estimate of drug-likeness (QED) is 0.586. The van der Waals surface area contributed by atoms with E-state index in [0.29, 0.717) is 19.4 Å². The van der Waals surface area contributed by atoms with Crippen LogP contribution in [0.1, 0.15) is 26.2 Å². The number of hydrogen-bond acceptors (Lipinski definition) is 4. The van der Waals surface area contributed by atoms with Gasteiger partial charge in [-0.15, -0.1) is 0 Å². The van der Waals surface area contributed by atoms with E-state index in [0.717, 1.165) is 6.42 Å². The minimum atomic E-state index is -0.292. The molecule has 1 atom stereocenters. The van der Waals surface area contributed by atoms with Crippen LogP contribution in [-0.2, 0) is 19.1 Å². The Morgan fingerprint density at radius 2 is 2.50 bits per heavy atom. The second-order valence-electron chi connectivity index (χ2n) is 2.78. The molecule has 0 amide bonds. The van der Waals surface area contributed by atoms with Gasteiger partial charge in [-0.2, -0.15) is 0 Å². The molecule has 4 heteroatoms. The summed E-state index contributed by atoms with van der Waals surface area (Å²) < 4.78 is 9.62. The van der Waals surface area contributed by atoms with Crippen LogP contribution < -0.4 is 0 Å². The van der Waals surface area contributed by atoms with Gasteiger partial charge in [0.05, 0.1) is 6.61 Å². The minimum absolute atomic E-state index is 0.0446. The van der Waals surface area contributed by atoms with Gasteiger partial charge >= 0.3 is 11.9 Å². The van der Waals surface area contributed by atoms with Crippen molar-refractivity contribution in [2.75, 3.05) is 6.61 Å². The van der Waals surface area contributed by atoms with Crippen LogP contribution in [-0.4, -0.2) is 24.6 Å². The number of esters is 2. The summed E-state index contributed by atoms with van der Waals surface area (Å²) in [6.07, 6.45) is 1.81. The molecule has 1 unspecified atom stereocenters. The Hall–Kier alpha value is -1.06. The summed E-state index contributed by atoms with van der Waals surface area (Å²) >= 11 is 0. The first-order valence-corrected chi connectivity index (χ1v) is 4.01. The van der Waals surface area contributed by atoms with Gasteiger partial charge in [0.1, 0.15) is 6.10 Å². The summed E-state index contributed by atoms with van der Waals surface area (Å²) in [7, 11) is 0. The van der Waals surface area contributed by atoms with E-state index < -0.39 is 0 Å². The van der Waals surface area contributed by atoms with Gasteiger partial charge in [0, 0.05) is 19.8 Å². The zero-order valence-corrected chi connectivity index (χ0v) is 7.04. The highest BCUT2D eigenvalue weighted by Gasteiger charge is 2.22. The summed E-state index contributed by atoms with van der Waals surface area (Å²) in [5.41, 5.74) is 0. The molecule has 0 aromatic carbocycles. The Labute approximate surface area is 70.8 Å². The van der Waals surface area contributed by atoms with E-state index in [2.05, 4.69) is 0 Å². The van der Waals surface area contributed by atoms with Crippen LogP contribution in [0.15, 0.2) is 0 Å². The second-order valence-corrected chi connectivity index (χ2v) is 2.78. The Balaban J connectivity index is 2.08. The van der Waals surface area contributed by atoms with Crippen molar-refractivity contribution in [1.82, 2.24) is 0 Å². The molecular weight excluding hydrogens is 160 g/mol. The SMILES string of the molecule is CC(=O)OCCC1CCC(=O)O1. The average Bonchev–Trinajstić information content (AvgIpc) is 2.35. The van der Waals surface area contributed by atoms with Gasteiger partial charge in [0.2, 0.25) is 0 Å². The highest BCUT2D eigenvalue weighted by Crippen LogP contribution is 2.16. The lowest BCUT2D eigenvalue weighted by atomic mass is 10.2. The largest absolute Gasteiger partial charge is 0.466 e. The predicted octanol–water partition coefficient (Wildman–Crippen LogP) is 0.645. The fourth-order valence-electron chi connectivity index (χ4n) is 1.12. The smallest absolute Gasteiger partial charge is 0.306 e. The van der Waals surface area contributed by atoms with Crippen molar-refractivity contribution in [2.24, 2.45) is 0 Å². The molecule has 0 aliphatic carbocycles. The first kappa shape index (κ1) is 9.03. The molecule has 1 rings (SSSR count). The normalized spacial score (nSPS) is 22.1. The van der Waals surface area contributed by atoms with E-state index in [4.69, 9.17) is 9.47 Å². The Morgan fingerprint density at radius 1 is 1.75 bits per heavy atom. The third-order valence-corrected chi connectivity index (χ3v) is 1.71. The van der Waals surface area contributed by atoms with E-state index >= 15 is 0 Å². The maximum atomic E-state index is 10.6. The van der Waals surface area contributed by atoms with E-state index in [9.17, 15) is 9.59 Å². The standard InChI is InChI=1S/C8H12O4/c1-6(9)11-5-4-7-2-3-8(10)12-7/h7H,2-5H2,1H3. The zero-order valence-electron chi connectivity index (χ0n) is 7.04. The van der Waals surface area contributed by atoms with Crippen molar-refractivity contribution in [3.05, 3.63) is 0 Å². The van der Waals surface area contributed by atoms with Gasteiger partial charge in [-0.3, -0.25) is 9.59 Å². The van der Waals surface area contributed by atoms with Gasteiger partial charge in [0.15, 0.2) is 0 Å². The molecule has 0 radical (unpaired) electrons. The number of carbonyl (C=O) groups is 2. The molecule has 12 heavy (non-hydrogen) atoms. The van der Waals surface area contributed by atoms with Crippen molar-refractivity contribution < 1.29 is 19.1 Å². The molecule has 0 aromatic rings. The highest BCUT2D eigenvalue weighted by molar-refractivity contribution is 5.71. The number of carbonyl (C=O) groups excluding carboxylic acids is 2. The summed E-state index contributed by atoms with van der Waals surface area (Å²) in [4.78, 5) is 21.0. The molecule has 1 aliphatic heterocycles. The Morgan fingerprint density at radius 3 is 3.00 bits per heavy atom. The first-order valence-electron chi connectivity index (χ1n) is 4.01. The molecule has 1 saturated heterocycles. The lowest BCUT2D eigenvalue weighted by molar-refractivity contribution is -0.144. The van der Waals surface area contributed by atoms with Crippen molar-refractivity contribution in [3.63, 3.8) is 0 Å². The fraction of sp³-hybridized carbons (Fsp3) is 0.750. The third-order valence-electron chi connectivity index (χ3n) is 1.71. The first-order chi connectivity index (χ1) is 5.68. The predicted molar refractivity (Wildman–Crippen MR) is 40.4 cm³/mol. The maximum Gasteiger partial charge on any atom is 0.306 e. The molecular formula is C8H12O4. The molecule has 0 spiro atoms. The van der Waals surface area contributed by atoms with Gasteiger partial charge in [-0.1, -0.05) is 0 Å². The topological polar surface area (TPSA) is 52.6 Å². The molecule has 68 valence electrons. The van der Waals surface area contributed by atoms with E-state index in [1.807, 2.05) is 0 Å². The maximum absolute atomic E-state index is 10.6. The highest BCUT2D eigenvalue weighted by atomic mass is 16.6. The molecule has 4 nitrogen and oxygen atoms in total. The van der Waals surface area contributed by atoms with E-state index in [-0.39, 0.29) is 18.0 Å². The average molecular weight is 172 g/mol. The van der Waals surface area contributed by atoms with Crippen LogP contribution >= 0.6 is 0 Å². The number of cyclic esters (lactones) is 1. The zero-order chi connectivity index (χ0) is 8.97. The summed E-state index contributed by atoms with van der Waals surface area (Å²) in [5.74, 6) is -0.442. The minimum Gasteiger partial charge on any atom is -0.466 e. The van der Waals surface area contributed by atoms with Crippen LogP contribution in [0.2, 0.25) is 0 Å². The Kier molecular flexibility index (Phi) is 3.08. The number of hydrogen-bond donors (Lipinski definition) is 0. The van der Waals surface area contributed by atoms with Gasteiger partial charge < -0.3 is 9.47 Å². The number of ether oxygens (including phenoxy) is 2. The van der Waals surface area contributed by atoms with Gasteiger partial charge in [0.25, 0.3) is 0 Å². The lowest BCUT2D eigenvalue weighted by Gasteiger charge is -2.07. The summed E-state index contributed by atoms with van der Waals surface area (Å²) in [5, 5.41) is 0. The molecule has 1 heterocycles. The van der Waals surface area contributed by atoms with Gasteiger partial charge in [-0.25, -0.2) is 0 Å². The lowest BCUT2D eigenvalue weighted by Crippen LogP contribution is -2.11. The van der Waals surface area contributed by atoms with Gasteiger partial charge in [-0.05, 0) is 6.42 Å². The van der Waals surface area contributed by atoms with E-state index in [1.54, 1.807) is 0 Å². The van der Waals surface area contributed by atoms with E-state index in [1.165, 1.54) is 6.92 Å². The summed E-state index contributed by atoms with van der Waals surface area (Å²) in [6.45, 7) is 1.70.